The van der Waals surface area contributed by atoms with Crippen LogP contribution >= 0.6 is 0 Å². The van der Waals surface area contributed by atoms with Gasteiger partial charge in [0.15, 0.2) is 5.82 Å². The molecule has 0 spiro atoms. The lowest BCUT2D eigenvalue weighted by atomic mass is 10.2. The van der Waals surface area contributed by atoms with Gasteiger partial charge in [-0.2, -0.15) is 9.75 Å². The molecular formula is C16H17N5O. The first-order valence-electron chi connectivity index (χ1n) is 7.03. The number of hydrogen-bond donors (Lipinski definition) is 0. The summed E-state index contributed by atoms with van der Waals surface area (Å²) >= 11 is 0. The minimum Gasteiger partial charge on any atom is -0.294 e. The van der Waals surface area contributed by atoms with Crippen molar-refractivity contribution >= 4 is 0 Å². The second-order valence-electron chi connectivity index (χ2n) is 4.89. The number of para-hydroxylation sites is 1. The Hall–Kier alpha value is -2.57. The molecule has 0 amide bonds. The second-order valence-corrected chi connectivity index (χ2v) is 4.89. The molecule has 112 valence electrons. The maximum absolute atomic E-state index is 5.72. The molecule has 1 aromatic heterocycles. The fourth-order valence-electron chi connectivity index (χ4n) is 2.08. The lowest BCUT2D eigenvalue weighted by Gasteiger charge is -2.16. The van der Waals surface area contributed by atoms with Crippen LogP contribution in [0.4, 0.5) is 0 Å². The first-order valence-corrected chi connectivity index (χ1v) is 7.03. The van der Waals surface area contributed by atoms with E-state index in [2.05, 4.69) is 15.5 Å². The van der Waals surface area contributed by atoms with E-state index in [0.717, 1.165) is 17.1 Å². The Bertz CT molecular complexity index is 699. The van der Waals surface area contributed by atoms with E-state index >= 15 is 0 Å². The number of nitrogens with zero attached hydrogens (tertiary/aromatic N) is 5. The minimum atomic E-state index is 0.495. The SMILES string of the molecule is CN(Cc1nnnn1-c1ccccc1)OCc1ccccc1. The molecule has 6 nitrogen and oxygen atoms in total. The molecule has 0 saturated carbocycles. The highest BCUT2D eigenvalue weighted by molar-refractivity contribution is 5.30. The fraction of sp³-hybridized carbons (Fsp3) is 0.188. The van der Waals surface area contributed by atoms with Crippen molar-refractivity contribution in [2.75, 3.05) is 7.05 Å². The third-order valence-corrected chi connectivity index (χ3v) is 3.19. The zero-order valence-electron chi connectivity index (χ0n) is 12.3. The molecule has 2 aromatic carbocycles. The summed E-state index contributed by atoms with van der Waals surface area (Å²) in [5, 5.41) is 13.6. The average molecular weight is 295 g/mol. The predicted molar refractivity (Wildman–Crippen MR) is 81.9 cm³/mol. The van der Waals surface area contributed by atoms with Gasteiger partial charge in [-0.25, -0.2) is 0 Å². The van der Waals surface area contributed by atoms with Crippen LogP contribution in [-0.2, 0) is 18.0 Å². The lowest BCUT2D eigenvalue weighted by Crippen LogP contribution is -2.21. The summed E-state index contributed by atoms with van der Waals surface area (Å²) in [6.07, 6.45) is 0. The van der Waals surface area contributed by atoms with Gasteiger partial charge in [-0.15, -0.1) is 5.10 Å². The number of hydrogen-bond acceptors (Lipinski definition) is 5. The minimum absolute atomic E-state index is 0.495. The Balaban J connectivity index is 1.63. The molecule has 0 aliphatic carbocycles. The molecule has 0 bridgehead atoms. The highest BCUT2D eigenvalue weighted by atomic mass is 16.7. The standard InChI is InChI=1S/C16H17N5O/c1-20(22-13-14-8-4-2-5-9-14)12-16-17-18-19-21(16)15-10-6-3-7-11-15/h2-11H,12-13H2,1H3. The Labute approximate surface area is 128 Å². The highest BCUT2D eigenvalue weighted by Gasteiger charge is 2.11. The number of benzene rings is 2. The molecular weight excluding hydrogens is 278 g/mol. The molecule has 0 radical (unpaired) electrons. The normalized spacial score (nSPS) is 11.0. The van der Waals surface area contributed by atoms with Crippen LogP contribution in [-0.4, -0.2) is 32.3 Å². The van der Waals surface area contributed by atoms with Crippen LogP contribution in [0.5, 0.6) is 0 Å². The van der Waals surface area contributed by atoms with Gasteiger partial charge >= 0.3 is 0 Å². The molecule has 0 fully saturated rings. The molecule has 22 heavy (non-hydrogen) atoms. The van der Waals surface area contributed by atoms with E-state index < -0.39 is 0 Å². The predicted octanol–water partition coefficient (Wildman–Crippen LogP) is 2.23. The average Bonchev–Trinajstić information content (AvgIpc) is 3.03. The Morgan fingerprint density at radius 2 is 1.68 bits per heavy atom. The maximum atomic E-state index is 5.72. The van der Waals surface area contributed by atoms with Crippen LogP contribution in [0.15, 0.2) is 60.7 Å². The van der Waals surface area contributed by atoms with Crippen molar-refractivity contribution in [3.8, 4) is 5.69 Å². The number of tetrazole rings is 1. The number of rotatable bonds is 6. The first-order chi connectivity index (χ1) is 10.8. The third-order valence-electron chi connectivity index (χ3n) is 3.19. The van der Waals surface area contributed by atoms with Crippen LogP contribution in [0, 0.1) is 0 Å². The number of aromatic nitrogens is 4. The van der Waals surface area contributed by atoms with E-state index in [4.69, 9.17) is 4.84 Å². The highest BCUT2D eigenvalue weighted by Crippen LogP contribution is 2.09. The van der Waals surface area contributed by atoms with Gasteiger partial charge in [-0.05, 0) is 28.1 Å². The van der Waals surface area contributed by atoms with Gasteiger partial charge in [0, 0.05) is 7.05 Å². The van der Waals surface area contributed by atoms with E-state index in [-0.39, 0.29) is 0 Å². The van der Waals surface area contributed by atoms with Crippen molar-refractivity contribution in [2.24, 2.45) is 0 Å². The van der Waals surface area contributed by atoms with Crippen LogP contribution in [0.2, 0.25) is 0 Å². The second kappa shape index (κ2) is 6.93. The van der Waals surface area contributed by atoms with E-state index in [1.807, 2.05) is 67.7 Å². The molecule has 3 rings (SSSR count). The fourth-order valence-corrected chi connectivity index (χ4v) is 2.08. The first kappa shape index (κ1) is 14.4. The zero-order valence-corrected chi connectivity index (χ0v) is 12.3. The molecule has 0 aliphatic heterocycles. The van der Waals surface area contributed by atoms with Crippen molar-refractivity contribution in [2.45, 2.75) is 13.2 Å². The van der Waals surface area contributed by atoms with Gasteiger partial charge in [0.1, 0.15) is 0 Å². The molecule has 0 atom stereocenters. The van der Waals surface area contributed by atoms with E-state index in [0.29, 0.717) is 13.2 Å². The molecule has 3 aromatic rings. The molecule has 0 unspecified atom stereocenters. The van der Waals surface area contributed by atoms with Gasteiger partial charge in [-0.3, -0.25) is 4.84 Å². The van der Waals surface area contributed by atoms with Gasteiger partial charge in [0.05, 0.1) is 18.8 Å². The third kappa shape index (κ3) is 3.55. The van der Waals surface area contributed by atoms with Crippen LogP contribution < -0.4 is 0 Å². The molecule has 1 heterocycles. The maximum Gasteiger partial charge on any atom is 0.173 e. The molecule has 0 N–H and O–H groups in total. The smallest absolute Gasteiger partial charge is 0.173 e. The Kier molecular flexibility index (Phi) is 4.53. The van der Waals surface area contributed by atoms with Crippen molar-refractivity contribution in [1.29, 1.82) is 0 Å². The zero-order chi connectivity index (χ0) is 15.2. The summed E-state index contributed by atoms with van der Waals surface area (Å²) in [7, 11) is 1.87. The van der Waals surface area contributed by atoms with Crippen LogP contribution in [0.3, 0.4) is 0 Å². The summed E-state index contributed by atoms with van der Waals surface area (Å²) in [6.45, 7) is 1.01. The monoisotopic (exact) mass is 295 g/mol. The van der Waals surface area contributed by atoms with Crippen LogP contribution in [0.1, 0.15) is 11.4 Å². The van der Waals surface area contributed by atoms with E-state index in [1.54, 1.807) is 9.75 Å². The van der Waals surface area contributed by atoms with Gasteiger partial charge in [0.25, 0.3) is 0 Å². The van der Waals surface area contributed by atoms with Crippen molar-refractivity contribution in [1.82, 2.24) is 25.3 Å². The molecule has 0 aliphatic rings. The topological polar surface area (TPSA) is 56.1 Å². The lowest BCUT2D eigenvalue weighted by molar-refractivity contribution is -0.159. The Morgan fingerprint density at radius 3 is 2.41 bits per heavy atom. The molecule has 0 saturated heterocycles. The summed E-state index contributed by atoms with van der Waals surface area (Å²) in [5.74, 6) is 0.724. The van der Waals surface area contributed by atoms with Crippen molar-refractivity contribution in [3.63, 3.8) is 0 Å². The van der Waals surface area contributed by atoms with Gasteiger partial charge in [-0.1, -0.05) is 48.5 Å². The number of hydroxylamine groups is 2. The van der Waals surface area contributed by atoms with Gasteiger partial charge < -0.3 is 0 Å². The van der Waals surface area contributed by atoms with E-state index in [1.165, 1.54) is 0 Å². The van der Waals surface area contributed by atoms with Crippen molar-refractivity contribution in [3.05, 3.63) is 72.1 Å². The summed E-state index contributed by atoms with van der Waals surface area (Å²) in [6, 6.07) is 19.8. The van der Waals surface area contributed by atoms with Crippen LogP contribution in [0.25, 0.3) is 5.69 Å². The Morgan fingerprint density at radius 1 is 1.00 bits per heavy atom. The summed E-state index contributed by atoms with van der Waals surface area (Å²) in [4.78, 5) is 5.72. The van der Waals surface area contributed by atoms with Gasteiger partial charge in [0.2, 0.25) is 0 Å². The quantitative estimate of drug-likeness (QED) is 0.653. The molecule has 6 heteroatoms. The summed E-state index contributed by atoms with van der Waals surface area (Å²) < 4.78 is 1.71. The summed E-state index contributed by atoms with van der Waals surface area (Å²) in [5.41, 5.74) is 2.05. The largest absolute Gasteiger partial charge is 0.294 e. The van der Waals surface area contributed by atoms with Crippen molar-refractivity contribution < 1.29 is 4.84 Å². The van der Waals surface area contributed by atoms with E-state index in [9.17, 15) is 0 Å².